The lowest BCUT2D eigenvalue weighted by Gasteiger charge is -2.26. The molecule has 0 saturated heterocycles. The highest BCUT2D eigenvalue weighted by atomic mass is 32.1. The molecule has 0 unspecified atom stereocenters. The van der Waals surface area contributed by atoms with Gasteiger partial charge >= 0.3 is 4.87 Å². The van der Waals surface area contributed by atoms with Gasteiger partial charge < -0.3 is 9.47 Å². The van der Waals surface area contributed by atoms with Crippen LogP contribution in [0.15, 0.2) is 4.79 Å². The van der Waals surface area contributed by atoms with Gasteiger partial charge in [-0.25, -0.2) is 0 Å². The third kappa shape index (κ3) is 2.01. The van der Waals surface area contributed by atoms with Crippen LogP contribution < -0.4 is 4.87 Å². The van der Waals surface area contributed by atoms with E-state index in [0.29, 0.717) is 5.92 Å². The van der Waals surface area contributed by atoms with Crippen LogP contribution in [0.5, 0.6) is 0 Å². The van der Waals surface area contributed by atoms with Crippen LogP contribution in [0, 0.1) is 0 Å². The van der Waals surface area contributed by atoms with Crippen LogP contribution in [0.25, 0.3) is 0 Å². The summed E-state index contributed by atoms with van der Waals surface area (Å²) in [7, 11) is 6.10. The summed E-state index contributed by atoms with van der Waals surface area (Å²) in [4.78, 5) is 15.3. The van der Waals surface area contributed by atoms with Crippen LogP contribution in [0.2, 0.25) is 0 Å². The molecule has 0 aliphatic heterocycles. The van der Waals surface area contributed by atoms with Gasteiger partial charge in [0.05, 0.1) is 0 Å². The molecule has 84 valence electrons. The van der Waals surface area contributed by atoms with E-state index in [9.17, 15) is 4.79 Å². The van der Waals surface area contributed by atoms with Crippen molar-refractivity contribution in [2.75, 3.05) is 20.6 Å². The second-order valence-electron chi connectivity index (χ2n) is 4.59. The van der Waals surface area contributed by atoms with Gasteiger partial charge in [0.15, 0.2) is 0 Å². The van der Waals surface area contributed by atoms with Crippen LogP contribution in [0.4, 0.5) is 0 Å². The van der Waals surface area contributed by atoms with Crippen molar-refractivity contribution < 1.29 is 0 Å². The molecule has 4 heteroatoms. The molecule has 1 aromatic rings. The first-order chi connectivity index (χ1) is 7.09. The highest BCUT2D eigenvalue weighted by molar-refractivity contribution is 7.09. The normalized spacial score (nSPS) is 20.7. The van der Waals surface area contributed by atoms with Gasteiger partial charge in [-0.15, -0.1) is 0 Å². The molecular formula is C11H18N2OS. The van der Waals surface area contributed by atoms with Crippen LogP contribution in [0.3, 0.4) is 0 Å². The third-order valence-electron chi connectivity index (χ3n) is 3.06. The maximum Gasteiger partial charge on any atom is 0.307 e. The number of likely N-dealkylation sites (N-methyl/N-ethyl adjacent to an activating group) is 1. The first-order valence-electron chi connectivity index (χ1n) is 5.43. The van der Waals surface area contributed by atoms with E-state index in [-0.39, 0.29) is 4.87 Å². The molecule has 1 heterocycles. The lowest BCUT2D eigenvalue weighted by molar-refractivity contribution is 0.345. The zero-order valence-electron chi connectivity index (χ0n) is 9.62. The predicted octanol–water partition coefficient (Wildman–Crippen LogP) is 1.43. The SMILES string of the molecule is CN(C)C[C@H]1CCCc2sc(=O)n(C)c21. The molecule has 0 saturated carbocycles. The van der Waals surface area contributed by atoms with Gasteiger partial charge in [0.1, 0.15) is 0 Å². The van der Waals surface area contributed by atoms with Crippen molar-refractivity contribution in [2.45, 2.75) is 25.2 Å². The van der Waals surface area contributed by atoms with Gasteiger partial charge in [-0.3, -0.25) is 4.79 Å². The minimum absolute atomic E-state index is 0.200. The molecule has 15 heavy (non-hydrogen) atoms. The fourth-order valence-electron chi connectivity index (χ4n) is 2.46. The lowest BCUT2D eigenvalue weighted by Crippen LogP contribution is -2.26. The van der Waals surface area contributed by atoms with E-state index in [1.807, 2.05) is 11.6 Å². The van der Waals surface area contributed by atoms with E-state index in [1.165, 1.54) is 34.7 Å². The smallest absolute Gasteiger partial charge is 0.307 e. The highest BCUT2D eigenvalue weighted by Gasteiger charge is 2.25. The number of hydrogen-bond donors (Lipinski definition) is 0. The summed E-state index contributed by atoms with van der Waals surface area (Å²) in [5, 5.41) is 0. The zero-order chi connectivity index (χ0) is 11.0. The molecular weight excluding hydrogens is 208 g/mol. The number of hydrogen-bond acceptors (Lipinski definition) is 3. The fraction of sp³-hybridized carbons (Fsp3) is 0.727. The molecule has 1 aliphatic carbocycles. The van der Waals surface area contributed by atoms with Crippen LogP contribution in [-0.4, -0.2) is 30.1 Å². The Hall–Kier alpha value is -0.610. The van der Waals surface area contributed by atoms with E-state index in [4.69, 9.17) is 0 Å². The van der Waals surface area contributed by atoms with Crippen molar-refractivity contribution in [1.29, 1.82) is 0 Å². The average Bonchev–Trinajstić information content (AvgIpc) is 2.43. The maximum absolute atomic E-state index is 11.6. The molecule has 0 fully saturated rings. The molecule has 0 N–H and O–H groups in total. The Morgan fingerprint density at radius 2 is 2.27 bits per heavy atom. The Labute approximate surface area is 94.3 Å². The van der Waals surface area contributed by atoms with E-state index in [1.54, 1.807) is 0 Å². The summed E-state index contributed by atoms with van der Waals surface area (Å²) in [5.74, 6) is 0.549. The van der Waals surface area contributed by atoms with E-state index >= 15 is 0 Å². The topological polar surface area (TPSA) is 25.2 Å². The average molecular weight is 226 g/mol. The molecule has 0 radical (unpaired) electrons. The van der Waals surface area contributed by atoms with Crippen LogP contribution >= 0.6 is 11.3 Å². The molecule has 1 aliphatic rings. The van der Waals surface area contributed by atoms with E-state index in [0.717, 1.165) is 13.0 Å². The number of rotatable bonds is 2. The summed E-state index contributed by atoms with van der Waals surface area (Å²) in [6.07, 6.45) is 3.54. The molecule has 1 atom stereocenters. The van der Waals surface area contributed by atoms with Crippen molar-refractivity contribution in [2.24, 2.45) is 7.05 Å². The Morgan fingerprint density at radius 1 is 1.53 bits per heavy atom. The Kier molecular flexibility index (Phi) is 2.98. The number of fused-ring (bicyclic) bond motifs is 1. The lowest BCUT2D eigenvalue weighted by atomic mass is 9.90. The monoisotopic (exact) mass is 226 g/mol. The Bertz CT molecular complexity index is 405. The maximum atomic E-state index is 11.6. The van der Waals surface area contributed by atoms with Crippen molar-refractivity contribution in [3.8, 4) is 0 Å². The summed E-state index contributed by atoms with van der Waals surface area (Å²) < 4.78 is 1.85. The molecule has 1 aromatic heterocycles. The van der Waals surface area contributed by atoms with Crippen molar-refractivity contribution in [3.63, 3.8) is 0 Å². The zero-order valence-corrected chi connectivity index (χ0v) is 10.4. The van der Waals surface area contributed by atoms with Gasteiger partial charge in [-0.2, -0.15) is 0 Å². The predicted molar refractivity (Wildman–Crippen MR) is 63.8 cm³/mol. The second kappa shape index (κ2) is 4.10. The van der Waals surface area contributed by atoms with Gasteiger partial charge in [-0.1, -0.05) is 11.3 Å². The van der Waals surface area contributed by atoms with Crippen molar-refractivity contribution >= 4 is 11.3 Å². The first kappa shape index (κ1) is 10.9. The number of nitrogens with zero attached hydrogens (tertiary/aromatic N) is 2. The van der Waals surface area contributed by atoms with E-state index < -0.39 is 0 Å². The summed E-state index contributed by atoms with van der Waals surface area (Å²) in [6.45, 7) is 1.05. The Balaban J connectivity index is 2.36. The van der Waals surface area contributed by atoms with Crippen molar-refractivity contribution in [1.82, 2.24) is 9.47 Å². The van der Waals surface area contributed by atoms with Gasteiger partial charge in [0.25, 0.3) is 0 Å². The second-order valence-corrected chi connectivity index (χ2v) is 5.63. The highest BCUT2D eigenvalue weighted by Crippen LogP contribution is 2.32. The molecule has 0 amide bonds. The third-order valence-corrected chi connectivity index (χ3v) is 4.17. The summed E-state index contributed by atoms with van der Waals surface area (Å²) in [5.41, 5.74) is 1.30. The Morgan fingerprint density at radius 3 is 2.93 bits per heavy atom. The summed E-state index contributed by atoms with van der Waals surface area (Å²) >= 11 is 1.44. The number of aryl methyl sites for hydroxylation is 1. The van der Waals surface area contributed by atoms with Crippen molar-refractivity contribution in [3.05, 3.63) is 20.2 Å². The fourth-order valence-corrected chi connectivity index (χ4v) is 3.56. The molecule has 0 aromatic carbocycles. The standard InChI is InChI=1S/C11H18N2OS/c1-12(2)7-8-5-4-6-9-10(8)13(3)11(14)15-9/h8H,4-7H2,1-3H3/t8-/m1/s1. The minimum Gasteiger partial charge on any atom is -0.309 e. The largest absolute Gasteiger partial charge is 0.309 e. The van der Waals surface area contributed by atoms with Gasteiger partial charge in [0.2, 0.25) is 0 Å². The van der Waals surface area contributed by atoms with Crippen LogP contribution in [0.1, 0.15) is 29.3 Å². The minimum atomic E-state index is 0.200. The van der Waals surface area contributed by atoms with Gasteiger partial charge in [0, 0.05) is 30.1 Å². The molecule has 0 bridgehead atoms. The summed E-state index contributed by atoms with van der Waals surface area (Å²) in [6, 6.07) is 0. The quantitative estimate of drug-likeness (QED) is 0.762. The number of thiazole rings is 1. The van der Waals surface area contributed by atoms with E-state index in [2.05, 4.69) is 19.0 Å². The molecule has 2 rings (SSSR count). The number of aromatic nitrogens is 1. The first-order valence-corrected chi connectivity index (χ1v) is 6.24. The molecule has 3 nitrogen and oxygen atoms in total. The van der Waals surface area contributed by atoms with Gasteiger partial charge in [-0.05, 0) is 33.4 Å². The van der Waals surface area contributed by atoms with Crippen LogP contribution in [-0.2, 0) is 13.5 Å². The molecule has 0 spiro atoms.